The third-order valence-electron chi connectivity index (χ3n) is 6.86. The molecule has 1 aliphatic carbocycles. The summed E-state index contributed by atoms with van der Waals surface area (Å²) in [6.07, 6.45) is 6.69. The summed E-state index contributed by atoms with van der Waals surface area (Å²) >= 11 is 0. The minimum Gasteiger partial charge on any atom is -0.492 e. The van der Waals surface area contributed by atoms with Crippen molar-refractivity contribution >= 4 is 21.6 Å². The van der Waals surface area contributed by atoms with Crippen molar-refractivity contribution in [2.24, 2.45) is 0 Å². The van der Waals surface area contributed by atoms with Crippen molar-refractivity contribution < 1.29 is 17.9 Å². The van der Waals surface area contributed by atoms with Crippen LogP contribution in [0, 0.1) is 0 Å². The lowest BCUT2D eigenvalue weighted by molar-refractivity contribution is 0.0935. The van der Waals surface area contributed by atoms with Gasteiger partial charge in [0, 0.05) is 5.56 Å². The summed E-state index contributed by atoms with van der Waals surface area (Å²) in [7, 11) is -3.57. The van der Waals surface area contributed by atoms with Crippen LogP contribution in [0.2, 0.25) is 0 Å². The number of hydrogen-bond acceptors (Lipinski definition) is 4. The van der Waals surface area contributed by atoms with Gasteiger partial charge in [-0.1, -0.05) is 49.4 Å². The number of carbonyl (C=O) groups excluding carboxylic acids is 1. The maximum atomic E-state index is 13.1. The van der Waals surface area contributed by atoms with Crippen LogP contribution < -0.4 is 14.4 Å². The number of ether oxygens (including phenoxy) is 1. The third kappa shape index (κ3) is 6.52. The molecule has 1 atom stereocenters. The van der Waals surface area contributed by atoms with Gasteiger partial charge in [0.05, 0.1) is 31.1 Å². The molecule has 1 amide bonds. The predicted molar refractivity (Wildman–Crippen MR) is 149 cm³/mol. The highest BCUT2D eigenvalue weighted by atomic mass is 32.2. The topological polar surface area (TPSA) is 75.7 Å². The number of para-hydroxylation sites is 2. The molecule has 196 valence electrons. The van der Waals surface area contributed by atoms with Gasteiger partial charge in [0.25, 0.3) is 5.91 Å². The number of fused-ring (bicyclic) bond motifs is 1. The molecular weight excluding hydrogens is 484 g/mol. The predicted octanol–water partition coefficient (Wildman–Crippen LogP) is 5.81. The number of hydrogen-bond donors (Lipinski definition) is 1. The van der Waals surface area contributed by atoms with Crippen LogP contribution in [0.3, 0.4) is 0 Å². The van der Waals surface area contributed by atoms with Crippen LogP contribution in [-0.4, -0.2) is 27.2 Å². The first-order chi connectivity index (χ1) is 17.8. The van der Waals surface area contributed by atoms with Crippen molar-refractivity contribution in [3.8, 4) is 5.75 Å². The minimum atomic E-state index is -3.57. The molecule has 0 radical (unpaired) electrons. The molecule has 0 aliphatic heterocycles. The van der Waals surface area contributed by atoms with E-state index in [-0.39, 0.29) is 18.5 Å². The summed E-state index contributed by atoms with van der Waals surface area (Å²) in [6.45, 7) is 4.51. The molecule has 0 heterocycles. The van der Waals surface area contributed by atoms with E-state index in [0.717, 1.165) is 30.4 Å². The molecule has 3 aromatic carbocycles. The van der Waals surface area contributed by atoms with Gasteiger partial charge in [0.1, 0.15) is 5.75 Å². The van der Waals surface area contributed by atoms with Crippen molar-refractivity contribution in [2.75, 3.05) is 17.2 Å². The number of nitrogens with zero attached hydrogens (tertiary/aromatic N) is 1. The van der Waals surface area contributed by atoms with Crippen LogP contribution >= 0.6 is 0 Å². The van der Waals surface area contributed by atoms with E-state index in [1.165, 1.54) is 34.5 Å². The summed E-state index contributed by atoms with van der Waals surface area (Å²) in [6, 6.07) is 20.8. The average molecular weight is 521 g/mol. The molecule has 1 N–H and O–H groups in total. The van der Waals surface area contributed by atoms with Gasteiger partial charge in [0.2, 0.25) is 10.0 Å². The van der Waals surface area contributed by atoms with E-state index in [9.17, 15) is 13.2 Å². The Kier molecular flexibility index (Phi) is 8.54. The maximum Gasteiger partial charge on any atom is 0.251 e. The van der Waals surface area contributed by atoms with Gasteiger partial charge in [-0.15, -0.1) is 0 Å². The highest BCUT2D eigenvalue weighted by Gasteiger charge is 2.22. The van der Waals surface area contributed by atoms with Gasteiger partial charge >= 0.3 is 0 Å². The van der Waals surface area contributed by atoms with Crippen LogP contribution in [0.15, 0.2) is 66.7 Å². The first-order valence-corrected chi connectivity index (χ1v) is 14.9. The van der Waals surface area contributed by atoms with Crippen molar-refractivity contribution in [3.05, 3.63) is 94.5 Å². The largest absolute Gasteiger partial charge is 0.492 e. The lowest BCUT2D eigenvalue weighted by Crippen LogP contribution is -2.30. The molecule has 6 nitrogen and oxygen atoms in total. The number of nitrogens with one attached hydrogen (secondary N) is 1. The molecule has 3 aromatic rings. The third-order valence-corrected chi connectivity index (χ3v) is 7.99. The number of rotatable bonds is 10. The zero-order valence-electron chi connectivity index (χ0n) is 21.9. The number of aryl methyl sites for hydroxylation is 2. The van der Waals surface area contributed by atoms with Crippen molar-refractivity contribution in [2.45, 2.75) is 58.5 Å². The van der Waals surface area contributed by atoms with Crippen molar-refractivity contribution in [3.63, 3.8) is 0 Å². The van der Waals surface area contributed by atoms with E-state index in [2.05, 4.69) is 30.4 Å². The Balaban J connectivity index is 1.48. The van der Waals surface area contributed by atoms with E-state index in [1.54, 1.807) is 42.5 Å². The number of sulfonamides is 1. The second-order valence-corrected chi connectivity index (χ2v) is 11.4. The highest BCUT2D eigenvalue weighted by molar-refractivity contribution is 7.92. The summed E-state index contributed by atoms with van der Waals surface area (Å²) in [5.41, 5.74) is 5.78. The molecule has 0 saturated carbocycles. The Morgan fingerprint density at radius 3 is 2.35 bits per heavy atom. The van der Waals surface area contributed by atoms with Gasteiger partial charge in [-0.3, -0.25) is 9.10 Å². The Labute approximate surface area is 220 Å². The van der Waals surface area contributed by atoms with E-state index in [0.29, 0.717) is 23.6 Å². The normalized spacial score (nSPS) is 13.9. The molecule has 4 rings (SSSR count). The molecule has 0 unspecified atom stereocenters. The van der Waals surface area contributed by atoms with E-state index in [4.69, 9.17) is 4.74 Å². The Hall–Kier alpha value is -3.32. The molecule has 0 saturated heterocycles. The van der Waals surface area contributed by atoms with E-state index >= 15 is 0 Å². The highest BCUT2D eigenvalue weighted by Crippen LogP contribution is 2.31. The van der Waals surface area contributed by atoms with Crippen LogP contribution in [0.5, 0.6) is 5.75 Å². The monoisotopic (exact) mass is 520 g/mol. The molecule has 0 aromatic heterocycles. The lowest BCUT2D eigenvalue weighted by atomic mass is 9.88. The van der Waals surface area contributed by atoms with Crippen LogP contribution in [0.25, 0.3) is 0 Å². The second-order valence-electron chi connectivity index (χ2n) is 9.54. The first kappa shape index (κ1) is 26.7. The van der Waals surface area contributed by atoms with E-state index in [1.807, 2.05) is 13.0 Å². The SMILES string of the molecule is CCOc1ccccc1N(Cc1ccc(C(=O)N[C@@H](CC)c2ccc3c(c2)CCCC3)cc1)S(C)(=O)=O. The summed E-state index contributed by atoms with van der Waals surface area (Å²) in [4.78, 5) is 13.1. The number of benzene rings is 3. The van der Waals surface area contributed by atoms with Crippen LogP contribution in [-0.2, 0) is 29.4 Å². The van der Waals surface area contributed by atoms with E-state index < -0.39 is 10.0 Å². The average Bonchev–Trinajstić information content (AvgIpc) is 2.90. The molecule has 1 aliphatic rings. The van der Waals surface area contributed by atoms with Crippen molar-refractivity contribution in [1.82, 2.24) is 5.32 Å². The van der Waals surface area contributed by atoms with Gasteiger partial charge in [0.15, 0.2) is 0 Å². The fraction of sp³-hybridized carbons (Fsp3) is 0.367. The van der Waals surface area contributed by atoms with Crippen molar-refractivity contribution in [1.29, 1.82) is 0 Å². The quantitative estimate of drug-likeness (QED) is 0.366. The zero-order chi connectivity index (χ0) is 26.4. The van der Waals surface area contributed by atoms with Gasteiger partial charge in [-0.05, 0) is 85.5 Å². The smallest absolute Gasteiger partial charge is 0.251 e. The Morgan fingerprint density at radius 1 is 0.973 bits per heavy atom. The maximum absolute atomic E-state index is 13.1. The Morgan fingerprint density at radius 2 is 1.68 bits per heavy atom. The standard InChI is InChI=1S/C30H36N2O4S/c1-4-27(26-19-18-23-10-6-7-11-25(23)20-26)31-30(33)24-16-14-22(15-17-24)21-32(37(3,34)35)28-12-8-9-13-29(28)36-5-2/h8-9,12-20,27H,4-7,10-11,21H2,1-3H3,(H,31,33)/t27-/m0/s1. The summed E-state index contributed by atoms with van der Waals surface area (Å²) in [5.74, 6) is 0.372. The molecule has 0 bridgehead atoms. The summed E-state index contributed by atoms with van der Waals surface area (Å²) < 4.78 is 32.3. The molecule has 7 heteroatoms. The minimum absolute atomic E-state index is 0.0600. The fourth-order valence-electron chi connectivity index (χ4n) is 4.88. The zero-order valence-corrected chi connectivity index (χ0v) is 22.7. The van der Waals surface area contributed by atoms with Gasteiger partial charge in [-0.25, -0.2) is 8.42 Å². The van der Waals surface area contributed by atoms with Crippen LogP contribution in [0.4, 0.5) is 5.69 Å². The Bertz CT molecular complexity index is 1340. The molecule has 0 spiro atoms. The first-order valence-electron chi connectivity index (χ1n) is 13.0. The number of carbonyl (C=O) groups is 1. The van der Waals surface area contributed by atoms with Gasteiger partial charge < -0.3 is 10.1 Å². The number of anilines is 1. The second kappa shape index (κ2) is 11.8. The lowest BCUT2D eigenvalue weighted by Gasteiger charge is -2.25. The number of amides is 1. The van der Waals surface area contributed by atoms with Crippen LogP contribution in [0.1, 0.15) is 71.8 Å². The molecule has 37 heavy (non-hydrogen) atoms. The molecular formula is C30H36N2O4S. The summed E-state index contributed by atoms with van der Waals surface area (Å²) in [5, 5.41) is 3.18. The fourth-order valence-corrected chi connectivity index (χ4v) is 5.77. The van der Waals surface area contributed by atoms with Gasteiger partial charge in [-0.2, -0.15) is 0 Å². The molecule has 0 fully saturated rings.